The van der Waals surface area contributed by atoms with Gasteiger partial charge in [0.25, 0.3) is 0 Å². The molecule has 0 spiro atoms. The van der Waals surface area contributed by atoms with Crippen molar-refractivity contribution < 1.29 is 9.53 Å². The molecule has 1 saturated carbocycles. The molecular weight excluding hydrogens is 266 g/mol. The van der Waals surface area contributed by atoms with Crippen molar-refractivity contribution in [2.24, 2.45) is 11.7 Å². The van der Waals surface area contributed by atoms with Crippen LogP contribution in [-0.4, -0.2) is 27.9 Å². The zero-order valence-electron chi connectivity index (χ0n) is 11.6. The third kappa shape index (κ3) is 2.62. The zero-order valence-corrected chi connectivity index (χ0v) is 12.3. The largest absolute Gasteiger partial charge is 0.465 e. The van der Waals surface area contributed by atoms with Crippen molar-refractivity contribution in [2.45, 2.75) is 45.7 Å². The molecule has 2 N–H and O–H groups in total. The summed E-state index contributed by atoms with van der Waals surface area (Å²) >= 11 is 6.12. The van der Waals surface area contributed by atoms with Crippen molar-refractivity contribution in [3.05, 3.63) is 16.4 Å². The van der Waals surface area contributed by atoms with Gasteiger partial charge in [0.05, 0.1) is 29.6 Å². The number of hydrogen-bond acceptors (Lipinski definition) is 4. The quantitative estimate of drug-likeness (QED) is 0.838. The van der Waals surface area contributed by atoms with Gasteiger partial charge >= 0.3 is 5.97 Å². The summed E-state index contributed by atoms with van der Waals surface area (Å²) in [7, 11) is 0. The van der Waals surface area contributed by atoms with Crippen LogP contribution in [0.1, 0.15) is 31.2 Å². The number of esters is 1. The molecule has 0 aromatic carbocycles. The van der Waals surface area contributed by atoms with Crippen LogP contribution in [0.5, 0.6) is 0 Å². The highest BCUT2D eigenvalue weighted by Gasteiger charge is 2.50. The number of ether oxygens (including phenoxy) is 1. The fourth-order valence-corrected chi connectivity index (χ4v) is 2.44. The molecule has 0 bridgehead atoms. The summed E-state index contributed by atoms with van der Waals surface area (Å²) in [5.41, 5.74) is 6.90. The van der Waals surface area contributed by atoms with E-state index in [0.717, 1.165) is 24.2 Å². The average Bonchev–Trinajstić information content (AvgIpc) is 3.17. The predicted molar refractivity (Wildman–Crippen MR) is 73.0 cm³/mol. The van der Waals surface area contributed by atoms with Crippen LogP contribution in [0.2, 0.25) is 5.02 Å². The number of rotatable bonds is 5. The Bertz CT molecular complexity index is 496. The number of aryl methyl sites for hydroxylation is 1. The topological polar surface area (TPSA) is 70.1 Å². The Morgan fingerprint density at radius 3 is 2.63 bits per heavy atom. The van der Waals surface area contributed by atoms with E-state index in [-0.39, 0.29) is 11.9 Å². The highest BCUT2D eigenvalue weighted by atomic mass is 35.5. The molecular formula is C13H20ClN3O2. The summed E-state index contributed by atoms with van der Waals surface area (Å²) in [6, 6.07) is 0. The van der Waals surface area contributed by atoms with Crippen LogP contribution in [0.25, 0.3) is 0 Å². The molecule has 2 rings (SSSR count). The van der Waals surface area contributed by atoms with Crippen molar-refractivity contribution in [3.63, 3.8) is 0 Å². The highest BCUT2D eigenvalue weighted by molar-refractivity contribution is 6.31. The lowest BCUT2D eigenvalue weighted by Gasteiger charge is -2.27. The Kier molecular flexibility index (Phi) is 3.87. The highest BCUT2D eigenvalue weighted by Crippen LogP contribution is 2.40. The van der Waals surface area contributed by atoms with Gasteiger partial charge in [-0.2, -0.15) is 5.10 Å². The molecule has 1 aromatic heterocycles. The first kappa shape index (κ1) is 14.3. The summed E-state index contributed by atoms with van der Waals surface area (Å²) in [6.45, 7) is 6.15. The van der Waals surface area contributed by atoms with Crippen molar-refractivity contribution >= 4 is 17.6 Å². The van der Waals surface area contributed by atoms with Gasteiger partial charge in [-0.1, -0.05) is 11.6 Å². The number of nitrogens with two attached hydrogens (primary N) is 1. The van der Waals surface area contributed by atoms with Gasteiger partial charge in [-0.25, -0.2) is 4.79 Å². The van der Waals surface area contributed by atoms with Crippen LogP contribution >= 0.6 is 11.6 Å². The van der Waals surface area contributed by atoms with E-state index in [2.05, 4.69) is 5.10 Å². The first-order valence-corrected chi connectivity index (χ1v) is 6.93. The monoisotopic (exact) mass is 285 g/mol. The lowest BCUT2D eigenvalue weighted by atomic mass is 9.94. The summed E-state index contributed by atoms with van der Waals surface area (Å²) in [4.78, 5) is 12.1. The number of hydrogen-bond donors (Lipinski definition) is 1. The third-order valence-electron chi connectivity index (χ3n) is 3.67. The van der Waals surface area contributed by atoms with Gasteiger partial charge in [0.15, 0.2) is 0 Å². The maximum absolute atomic E-state index is 12.1. The molecule has 1 fully saturated rings. The molecule has 1 atom stereocenters. The molecule has 1 aromatic rings. The Morgan fingerprint density at radius 1 is 1.58 bits per heavy atom. The SMILES string of the molecule is CCOC(=O)C(N)(Cn1nc(C)c(Cl)c1C)C1CC1. The van der Waals surface area contributed by atoms with Gasteiger partial charge in [0.1, 0.15) is 5.54 Å². The lowest BCUT2D eigenvalue weighted by molar-refractivity contribution is -0.151. The minimum absolute atomic E-state index is 0.175. The fraction of sp³-hybridized carbons (Fsp3) is 0.692. The molecule has 106 valence electrons. The average molecular weight is 286 g/mol. The van der Waals surface area contributed by atoms with Gasteiger partial charge in [-0.3, -0.25) is 4.68 Å². The maximum atomic E-state index is 12.1. The zero-order chi connectivity index (χ0) is 14.2. The first-order valence-electron chi connectivity index (χ1n) is 6.55. The standard InChI is InChI=1S/C13H20ClN3O2/c1-4-19-12(18)13(15,10-5-6-10)7-17-9(3)11(14)8(2)16-17/h10H,4-7,15H2,1-3H3. The predicted octanol–water partition coefficient (Wildman–Crippen LogP) is 1.82. The molecule has 6 heteroatoms. The normalized spacial score (nSPS) is 18.2. The maximum Gasteiger partial charge on any atom is 0.328 e. The summed E-state index contributed by atoms with van der Waals surface area (Å²) < 4.78 is 6.83. The molecule has 1 unspecified atom stereocenters. The number of carbonyl (C=O) groups is 1. The van der Waals surface area contributed by atoms with Crippen LogP contribution in [0.15, 0.2) is 0 Å². The lowest BCUT2D eigenvalue weighted by Crippen LogP contribution is -2.54. The van der Waals surface area contributed by atoms with Crippen molar-refractivity contribution in [1.29, 1.82) is 0 Å². The Morgan fingerprint density at radius 2 is 2.21 bits per heavy atom. The number of carbonyl (C=O) groups excluding carboxylic acids is 1. The molecule has 0 aliphatic heterocycles. The molecule has 0 radical (unpaired) electrons. The van der Waals surface area contributed by atoms with Crippen LogP contribution < -0.4 is 5.73 Å². The van der Waals surface area contributed by atoms with Gasteiger partial charge in [-0.05, 0) is 39.5 Å². The van der Waals surface area contributed by atoms with Crippen molar-refractivity contribution in [2.75, 3.05) is 6.61 Å². The van der Waals surface area contributed by atoms with Crippen molar-refractivity contribution in [3.8, 4) is 0 Å². The summed E-state index contributed by atoms with van der Waals surface area (Å²) in [5.74, 6) is -0.171. The molecule has 5 nitrogen and oxygen atoms in total. The van der Waals surface area contributed by atoms with E-state index in [4.69, 9.17) is 22.1 Å². The van der Waals surface area contributed by atoms with E-state index in [9.17, 15) is 4.79 Å². The molecule has 1 aliphatic carbocycles. The molecule has 1 heterocycles. The molecule has 1 aliphatic rings. The van der Waals surface area contributed by atoms with E-state index in [1.54, 1.807) is 11.6 Å². The second kappa shape index (κ2) is 5.13. The van der Waals surface area contributed by atoms with E-state index >= 15 is 0 Å². The minimum Gasteiger partial charge on any atom is -0.465 e. The fourth-order valence-electron chi connectivity index (χ4n) is 2.30. The van der Waals surface area contributed by atoms with E-state index < -0.39 is 5.54 Å². The molecule has 19 heavy (non-hydrogen) atoms. The van der Waals surface area contributed by atoms with Gasteiger partial charge in [-0.15, -0.1) is 0 Å². The van der Waals surface area contributed by atoms with Crippen LogP contribution in [0.4, 0.5) is 0 Å². The van der Waals surface area contributed by atoms with E-state index in [1.165, 1.54) is 0 Å². The molecule has 0 saturated heterocycles. The van der Waals surface area contributed by atoms with Crippen LogP contribution in [0.3, 0.4) is 0 Å². The smallest absolute Gasteiger partial charge is 0.328 e. The third-order valence-corrected chi connectivity index (χ3v) is 4.21. The van der Waals surface area contributed by atoms with Crippen LogP contribution in [-0.2, 0) is 16.1 Å². The van der Waals surface area contributed by atoms with Gasteiger partial charge in [0, 0.05) is 0 Å². The van der Waals surface area contributed by atoms with Crippen LogP contribution in [0, 0.1) is 19.8 Å². The van der Waals surface area contributed by atoms with E-state index in [1.807, 2.05) is 13.8 Å². The second-order valence-electron chi connectivity index (χ2n) is 5.18. The number of nitrogens with zero attached hydrogens (tertiary/aromatic N) is 2. The van der Waals surface area contributed by atoms with Crippen molar-refractivity contribution in [1.82, 2.24) is 9.78 Å². The van der Waals surface area contributed by atoms with Gasteiger partial charge in [0.2, 0.25) is 0 Å². The second-order valence-corrected chi connectivity index (χ2v) is 5.56. The molecule has 0 amide bonds. The van der Waals surface area contributed by atoms with E-state index in [0.29, 0.717) is 18.2 Å². The minimum atomic E-state index is -0.997. The number of halogens is 1. The Balaban J connectivity index is 2.25. The number of aromatic nitrogens is 2. The Labute approximate surface area is 118 Å². The Hall–Kier alpha value is -1.07. The van der Waals surface area contributed by atoms with Gasteiger partial charge < -0.3 is 10.5 Å². The summed E-state index contributed by atoms with van der Waals surface area (Å²) in [5, 5.41) is 4.97. The first-order chi connectivity index (χ1) is 8.90. The summed E-state index contributed by atoms with van der Waals surface area (Å²) in [6.07, 6.45) is 1.92.